The number of aliphatic carboxylic acids is 1. The minimum absolute atomic E-state index is 0.189. The Bertz CT molecular complexity index is 301. The third-order valence-corrected chi connectivity index (χ3v) is 3.75. The van der Waals surface area contributed by atoms with Crippen LogP contribution < -0.4 is 5.32 Å². The lowest BCUT2D eigenvalue weighted by Crippen LogP contribution is -2.62. The molecule has 4 nitrogen and oxygen atoms in total. The molecule has 0 heterocycles. The van der Waals surface area contributed by atoms with Crippen LogP contribution in [0.15, 0.2) is 0 Å². The van der Waals surface area contributed by atoms with Crippen molar-refractivity contribution in [3.05, 3.63) is 0 Å². The third kappa shape index (κ3) is 4.46. The predicted molar refractivity (Wildman–Crippen MR) is 78.3 cm³/mol. The molecule has 1 saturated carbocycles. The first-order chi connectivity index (χ1) is 8.81. The highest BCUT2D eigenvalue weighted by atomic mass is 16.4. The Morgan fingerprint density at radius 1 is 1.37 bits per heavy atom. The Morgan fingerprint density at radius 3 is 2.26 bits per heavy atom. The molecule has 0 spiro atoms. The maximum atomic E-state index is 11.9. The highest BCUT2D eigenvalue weighted by Crippen LogP contribution is 2.41. The summed E-state index contributed by atoms with van der Waals surface area (Å²) in [6.07, 6.45) is 2.07. The summed E-state index contributed by atoms with van der Waals surface area (Å²) in [6.45, 7) is 13.0. The van der Waals surface area contributed by atoms with Crippen molar-refractivity contribution in [2.45, 2.75) is 59.0 Å². The monoisotopic (exact) mass is 270 g/mol. The molecule has 19 heavy (non-hydrogen) atoms. The van der Waals surface area contributed by atoms with E-state index in [2.05, 4.69) is 31.0 Å². The van der Waals surface area contributed by atoms with Crippen LogP contribution in [0, 0.1) is 11.8 Å². The molecule has 0 saturated heterocycles. The molecule has 0 amide bonds. The number of likely N-dealkylation sites (N-methyl/N-ethyl adjacent to an activating group) is 1. The third-order valence-electron chi connectivity index (χ3n) is 3.75. The SMILES string of the molecule is CCN(CC(C)C)CC(NC(C)C)(C(=O)O)C1CC1. The van der Waals surface area contributed by atoms with Gasteiger partial charge in [-0.15, -0.1) is 0 Å². The van der Waals surface area contributed by atoms with Gasteiger partial charge in [0.25, 0.3) is 0 Å². The van der Waals surface area contributed by atoms with Gasteiger partial charge in [0.05, 0.1) is 0 Å². The van der Waals surface area contributed by atoms with Crippen LogP contribution in [-0.2, 0) is 4.79 Å². The minimum atomic E-state index is -0.765. The molecule has 0 bridgehead atoms. The Labute approximate surface area is 117 Å². The topological polar surface area (TPSA) is 52.6 Å². The molecule has 1 unspecified atom stereocenters. The summed E-state index contributed by atoms with van der Waals surface area (Å²) >= 11 is 0. The molecule has 1 aliphatic rings. The molecule has 1 fully saturated rings. The molecule has 112 valence electrons. The number of rotatable bonds is 9. The van der Waals surface area contributed by atoms with Crippen LogP contribution in [0.3, 0.4) is 0 Å². The maximum absolute atomic E-state index is 11.9. The van der Waals surface area contributed by atoms with Crippen molar-refractivity contribution in [2.75, 3.05) is 19.6 Å². The maximum Gasteiger partial charge on any atom is 0.325 e. The van der Waals surface area contributed by atoms with Gasteiger partial charge in [-0.1, -0.05) is 20.8 Å². The van der Waals surface area contributed by atoms with Crippen LogP contribution in [0.1, 0.15) is 47.5 Å². The number of carbonyl (C=O) groups is 1. The molecular formula is C15H30N2O2. The van der Waals surface area contributed by atoms with Gasteiger partial charge in [-0.2, -0.15) is 0 Å². The fourth-order valence-electron chi connectivity index (χ4n) is 2.86. The quantitative estimate of drug-likeness (QED) is 0.674. The van der Waals surface area contributed by atoms with E-state index in [1.165, 1.54) is 0 Å². The highest BCUT2D eigenvalue weighted by molar-refractivity contribution is 5.80. The van der Waals surface area contributed by atoms with E-state index in [4.69, 9.17) is 0 Å². The van der Waals surface area contributed by atoms with Crippen molar-refractivity contribution in [3.8, 4) is 0 Å². The van der Waals surface area contributed by atoms with Crippen molar-refractivity contribution < 1.29 is 9.90 Å². The van der Waals surface area contributed by atoms with E-state index in [-0.39, 0.29) is 12.0 Å². The number of carboxylic acid groups (broad SMARTS) is 1. The number of nitrogens with one attached hydrogen (secondary N) is 1. The number of carboxylic acids is 1. The second-order valence-electron chi connectivity index (χ2n) is 6.57. The number of hydrogen-bond acceptors (Lipinski definition) is 3. The standard InChI is InChI=1S/C15H30N2O2/c1-6-17(9-11(2)3)10-15(14(18)19,13-7-8-13)16-12(4)5/h11-13,16H,6-10H2,1-5H3,(H,18,19). The Hall–Kier alpha value is -0.610. The molecule has 1 rings (SSSR count). The predicted octanol–water partition coefficient (Wildman–Crippen LogP) is 2.20. The van der Waals surface area contributed by atoms with Crippen molar-refractivity contribution >= 4 is 5.97 Å². The average molecular weight is 270 g/mol. The molecule has 1 aliphatic carbocycles. The summed E-state index contributed by atoms with van der Waals surface area (Å²) in [5.74, 6) is 0.157. The lowest BCUT2D eigenvalue weighted by Gasteiger charge is -2.38. The molecule has 0 radical (unpaired) electrons. The molecule has 1 atom stereocenters. The zero-order chi connectivity index (χ0) is 14.6. The summed E-state index contributed by atoms with van der Waals surface area (Å²) in [6, 6.07) is 0.189. The fourth-order valence-corrected chi connectivity index (χ4v) is 2.86. The zero-order valence-corrected chi connectivity index (χ0v) is 13.1. The zero-order valence-electron chi connectivity index (χ0n) is 13.1. The van der Waals surface area contributed by atoms with Crippen molar-refractivity contribution in [2.24, 2.45) is 11.8 Å². The number of hydrogen-bond donors (Lipinski definition) is 2. The lowest BCUT2D eigenvalue weighted by atomic mass is 9.91. The van der Waals surface area contributed by atoms with E-state index in [1.807, 2.05) is 13.8 Å². The lowest BCUT2D eigenvalue weighted by molar-refractivity contribution is -0.147. The van der Waals surface area contributed by atoms with E-state index in [9.17, 15) is 9.90 Å². The highest BCUT2D eigenvalue weighted by Gasteiger charge is 2.52. The van der Waals surface area contributed by atoms with Crippen LogP contribution >= 0.6 is 0 Å². The van der Waals surface area contributed by atoms with E-state index in [0.717, 1.165) is 25.9 Å². The minimum Gasteiger partial charge on any atom is -0.480 e. The van der Waals surface area contributed by atoms with Crippen molar-refractivity contribution in [1.82, 2.24) is 10.2 Å². The van der Waals surface area contributed by atoms with Gasteiger partial charge in [0.15, 0.2) is 0 Å². The first-order valence-corrected chi connectivity index (χ1v) is 7.55. The fraction of sp³-hybridized carbons (Fsp3) is 0.933. The smallest absolute Gasteiger partial charge is 0.325 e. The number of nitrogens with zero attached hydrogens (tertiary/aromatic N) is 1. The van der Waals surface area contributed by atoms with Gasteiger partial charge in [0.1, 0.15) is 5.54 Å². The van der Waals surface area contributed by atoms with Gasteiger partial charge in [0.2, 0.25) is 0 Å². The molecule has 0 aromatic rings. The second-order valence-corrected chi connectivity index (χ2v) is 6.57. The Kier molecular flexibility index (Phi) is 5.81. The van der Waals surface area contributed by atoms with Gasteiger partial charge < -0.3 is 10.0 Å². The first kappa shape index (κ1) is 16.4. The van der Waals surface area contributed by atoms with Gasteiger partial charge >= 0.3 is 5.97 Å². The van der Waals surface area contributed by atoms with Crippen LogP contribution in [0.2, 0.25) is 0 Å². The summed E-state index contributed by atoms with van der Waals surface area (Å²) in [4.78, 5) is 14.2. The summed E-state index contributed by atoms with van der Waals surface area (Å²) in [5.41, 5.74) is -0.765. The largest absolute Gasteiger partial charge is 0.480 e. The Morgan fingerprint density at radius 2 is 1.95 bits per heavy atom. The summed E-state index contributed by atoms with van der Waals surface area (Å²) in [5, 5.41) is 13.1. The molecule has 0 aliphatic heterocycles. The average Bonchev–Trinajstić information content (AvgIpc) is 3.09. The van der Waals surface area contributed by atoms with Gasteiger partial charge in [-0.05, 0) is 45.1 Å². The van der Waals surface area contributed by atoms with Crippen molar-refractivity contribution in [3.63, 3.8) is 0 Å². The second kappa shape index (κ2) is 6.71. The normalized spacial score (nSPS) is 19.2. The van der Waals surface area contributed by atoms with Crippen LogP contribution in [-0.4, -0.2) is 47.2 Å². The summed E-state index contributed by atoms with van der Waals surface area (Å²) in [7, 11) is 0. The van der Waals surface area contributed by atoms with Crippen LogP contribution in [0.4, 0.5) is 0 Å². The van der Waals surface area contributed by atoms with E-state index >= 15 is 0 Å². The van der Waals surface area contributed by atoms with Gasteiger partial charge in [-0.3, -0.25) is 10.1 Å². The molecule has 0 aromatic heterocycles. The Balaban J connectivity index is 2.85. The van der Waals surface area contributed by atoms with E-state index < -0.39 is 11.5 Å². The summed E-state index contributed by atoms with van der Waals surface area (Å²) < 4.78 is 0. The van der Waals surface area contributed by atoms with Crippen LogP contribution in [0.5, 0.6) is 0 Å². The molecular weight excluding hydrogens is 240 g/mol. The molecule has 4 heteroatoms. The van der Waals surface area contributed by atoms with Gasteiger partial charge in [-0.25, -0.2) is 0 Å². The molecule has 0 aromatic carbocycles. The van der Waals surface area contributed by atoms with Crippen molar-refractivity contribution in [1.29, 1.82) is 0 Å². The molecule has 2 N–H and O–H groups in total. The van der Waals surface area contributed by atoms with E-state index in [1.54, 1.807) is 0 Å². The first-order valence-electron chi connectivity index (χ1n) is 7.55. The van der Waals surface area contributed by atoms with Gasteiger partial charge in [0, 0.05) is 19.1 Å². The van der Waals surface area contributed by atoms with E-state index in [0.29, 0.717) is 12.5 Å². The van der Waals surface area contributed by atoms with Crippen LogP contribution in [0.25, 0.3) is 0 Å².